The van der Waals surface area contributed by atoms with Crippen molar-refractivity contribution in [3.05, 3.63) is 24.3 Å². The summed E-state index contributed by atoms with van der Waals surface area (Å²) in [5, 5.41) is 10.6. The summed E-state index contributed by atoms with van der Waals surface area (Å²) in [6.45, 7) is 0.998. The summed E-state index contributed by atoms with van der Waals surface area (Å²) in [6, 6.07) is 7.91. The maximum atomic E-state index is 12.3. The van der Waals surface area contributed by atoms with Crippen molar-refractivity contribution < 1.29 is 14.6 Å². The zero-order valence-electron chi connectivity index (χ0n) is 12.6. The van der Waals surface area contributed by atoms with Crippen LogP contribution in [-0.4, -0.2) is 66.9 Å². The standard InChI is InChI=1S/C15H19N3O3S/c1-17(15-16-10-5-3-4-6-13(10)22-15)9-14(20)18-7-11(19)12(8-18)21-2/h3-6,11-12,19H,7-9H2,1-2H3/t11-,12-/m1/s1. The fourth-order valence-electron chi connectivity index (χ4n) is 2.59. The molecule has 1 saturated heterocycles. The maximum absolute atomic E-state index is 12.3. The van der Waals surface area contributed by atoms with Crippen molar-refractivity contribution in [1.29, 1.82) is 0 Å². The number of carbonyl (C=O) groups is 1. The lowest BCUT2D eigenvalue weighted by molar-refractivity contribution is -0.129. The van der Waals surface area contributed by atoms with Gasteiger partial charge in [-0.3, -0.25) is 4.79 Å². The molecule has 3 rings (SSSR count). The number of carbonyl (C=O) groups excluding carboxylic acids is 1. The predicted molar refractivity (Wildman–Crippen MR) is 86.3 cm³/mol. The maximum Gasteiger partial charge on any atom is 0.242 e. The number of hydrogen-bond acceptors (Lipinski definition) is 6. The number of thiazole rings is 1. The highest BCUT2D eigenvalue weighted by molar-refractivity contribution is 7.22. The molecule has 0 aliphatic carbocycles. The minimum absolute atomic E-state index is 0.0274. The van der Waals surface area contributed by atoms with Gasteiger partial charge in [-0.05, 0) is 12.1 Å². The highest BCUT2D eigenvalue weighted by Crippen LogP contribution is 2.27. The number of fused-ring (bicyclic) bond motifs is 1. The largest absolute Gasteiger partial charge is 0.388 e. The van der Waals surface area contributed by atoms with Crippen LogP contribution in [0.2, 0.25) is 0 Å². The lowest BCUT2D eigenvalue weighted by atomic mass is 10.3. The molecule has 1 amide bonds. The van der Waals surface area contributed by atoms with Crippen LogP contribution in [-0.2, 0) is 9.53 Å². The van der Waals surface area contributed by atoms with Gasteiger partial charge in [-0.2, -0.15) is 0 Å². The molecule has 0 spiro atoms. The number of benzene rings is 1. The van der Waals surface area contributed by atoms with Crippen molar-refractivity contribution in [3.63, 3.8) is 0 Å². The van der Waals surface area contributed by atoms with E-state index in [4.69, 9.17) is 4.74 Å². The summed E-state index contributed by atoms with van der Waals surface area (Å²) in [4.78, 5) is 20.4. The second-order valence-corrected chi connectivity index (χ2v) is 6.47. The van der Waals surface area contributed by atoms with Crippen molar-refractivity contribution >= 4 is 32.6 Å². The predicted octanol–water partition coefficient (Wildman–Crippen LogP) is 0.951. The first kappa shape index (κ1) is 15.2. The molecule has 1 aromatic carbocycles. The Morgan fingerprint density at radius 2 is 2.27 bits per heavy atom. The minimum atomic E-state index is -0.610. The molecule has 2 heterocycles. The van der Waals surface area contributed by atoms with E-state index in [1.807, 2.05) is 36.2 Å². The molecule has 1 fully saturated rings. The van der Waals surface area contributed by atoms with Crippen LogP contribution >= 0.6 is 11.3 Å². The van der Waals surface area contributed by atoms with E-state index < -0.39 is 6.10 Å². The molecule has 2 aromatic rings. The van der Waals surface area contributed by atoms with Gasteiger partial charge in [-0.25, -0.2) is 4.98 Å². The summed E-state index contributed by atoms with van der Waals surface area (Å²) in [5.74, 6) is -0.0274. The molecule has 1 aliphatic heterocycles. The topological polar surface area (TPSA) is 65.9 Å². The van der Waals surface area contributed by atoms with Crippen LogP contribution < -0.4 is 4.90 Å². The van der Waals surface area contributed by atoms with Crippen molar-refractivity contribution in [2.75, 3.05) is 38.7 Å². The number of rotatable bonds is 4. The molecule has 0 radical (unpaired) electrons. The van der Waals surface area contributed by atoms with Gasteiger partial charge in [0.15, 0.2) is 5.13 Å². The lowest BCUT2D eigenvalue weighted by Crippen LogP contribution is -2.38. The van der Waals surface area contributed by atoms with E-state index in [0.29, 0.717) is 13.1 Å². The number of nitrogens with zero attached hydrogens (tertiary/aromatic N) is 3. The molecule has 1 aromatic heterocycles. The van der Waals surface area contributed by atoms with E-state index in [2.05, 4.69) is 4.98 Å². The normalized spacial score (nSPS) is 21.5. The van der Waals surface area contributed by atoms with Crippen LogP contribution in [0.5, 0.6) is 0 Å². The number of hydrogen-bond donors (Lipinski definition) is 1. The molecule has 0 unspecified atom stereocenters. The smallest absolute Gasteiger partial charge is 0.242 e. The van der Waals surface area contributed by atoms with Gasteiger partial charge in [-0.1, -0.05) is 23.5 Å². The molecule has 7 heteroatoms. The Morgan fingerprint density at radius 1 is 1.50 bits per heavy atom. The number of β-amino-alcohol motifs (C(OH)–C–C–N with tert-alkyl or cyclic N) is 1. The van der Waals surface area contributed by atoms with Crippen molar-refractivity contribution in [2.45, 2.75) is 12.2 Å². The first-order valence-electron chi connectivity index (χ1n) is 7.14. The van der Waals surface area contributed by atoms with Gasteiger partial charge in [-0.15, -0.1) is 0 Å². The summed E-state index contributed by atoms with van der Waals surface area (Å²) in [7, 11) is 3.41. The molecule has 1 N–H and O–H groups in total. The van der Waals surface area contributed by atoms with Gasteiger partial charge in [0.1, 0.15) is 6.10 Å². The third-order valence-corrected chi connectivity index (χ3v) is 5.02. The van der Waals surface area contributed by atoms with Crippen molar-refractivity contribution in [3.8, 4) is 0 Å². The fraction of sp³-hybridized carbons (Fsp3) is 0.467. The lowest BCUT2D eigenvalue weighted by Gasteiger charge is -2.20. The molecule has 1 aliphatic rings. The molecule has 6 nitrogen and oxygen atoms in total. The molecule has 2 atom stereocenters. The second-order valence-electron chi connectivity index (χ2n) is 5.46. The third kappa shape index (κ3) is 2.92. The number of para-hydroxylation sites is 1. The summed E-state index contributed by atoms with van der Waals surface area (Å²) in [6.07, 6.45) is -0.904. The average molecular weight is 321 g/mol. The monoisotopic (exact) mass is 321 g/mol. The highest BCUT2D eigenvalue weighted by atomic mass is 32.1. The number of methoxy groups -OCH3 is 1. The van der Waals surface area contributed by atoms with E-state index in [-0.39, 0.29) is 18.6 Å². The first-order valence-corrected chi connectivity index (χ1v) is 7.95. The number of likely N-dealkylation sites (N-methyl/N-ethyl adjacent to an activating group) is 1. The van der Waals surface area contributed by atoms with Gasteiger partial charge in [0.25, 0.3) is 0 Å². The Morgan fingerprint density at radius 3 is 2.95 bits per heavy atom. The number of aromatic nitrogens is 1. The zero-order valence-corrected chi connectivity index (χ0v) is 13.4. The quantitative estimate of drug-likeness (QED) is 0.908. The molecule has 0 saturated carbocycles. The first-order chi connectivity index (χ1) is 10.6. The molecular formula is C15H19N3O3S. The zero-order chi connectivity index (χ0) is 15.7. The number of amides is 1. The van der Waals surface area contributed by atoms with Gasteiger partial charge >= 0.3 is 0 Å². The van der Waals surface area contributed by atoms with E-state index in [1.165, 1.54) is 0 Å². The SMILES string of the molecule is CO[C@@H]1CN(C(=O)CN(C)c2nc3ccccc3s2)C[C@H]1O. The van der Waals surface area contributed by atoms with Crippen LogP contribution in [0.1, 0.15) is 0 Å². The summed E-state index contributed by atoms with van der Waals surface area (Å²) in [5.41, 5.74) is 0.942. The van der Waals surface area contributed by atoms with Gasteiger partial charge in [0.2, 0.25) is 5.91 Å². The van der Waals surface area contributed by atoms with Crippen LogP contribution in [0.15, 0.2) is 24.3 Å². The van der Waals surface area contributed by atoms with Crippen LogP contribution in [0, 0.1) is 0 Å². The molecule has 22 heavy (non-hydrogen) atoms. The Hall–Kier alpha value is -1.70. The van der Waals surface area contributed by atoms with Crippen LogP contribution in [0.25, 0.3) is 10.2 Å². The number of anilines is 1. The van der Waals surface area contributed by atoms with E-state index in [1.54, 1.807) is 23.3 Å². The summed E-state index contributed by atoms with van der Waals surface area (Å²) < 4.78 is 6.27. The van der Waals surface area contributed by atoms with Crippen LogP contribution in [0.3, 0.4) is 0 Å². The number of aliphatic hydroxyl groups is 1. The Labute approximate surface area is 132 Å². The highest BCUT2D eigenvalue weighted by Gasteiger charge is 2.34. The van der Waals surface area contributed by atoms with Crippen LogP contribution in [0.4, 0.5) is 5.13 Å². The summed E-state index contributed by atoms with van der Waals surface area (Å²) >= 11 is 1.57. The molecular weight excluding hydrogens is 302 g/mol. The number of ether oxygens (including phenoxy) is 1. The number of aliphatic hydroxyl groups excluding tert-OH is 1. The Bertz CT molecular complexity index is 642. The second kappa shape index (κ2) is 6.20. The van der Waals surface area contributed by atoms with Crippen molar-refractivity contribution in [1.82, 2.24) is 9.88 Å². The van der Waals surface area contributed by atoms with Crippen molar-refractivity contribution in [2.24, 2.45) is 0 Å². The van der Waals surface area contributed by atoms with E-state index in [9.17, 15) is 9.90 Å². The Balaban J connectivity index is 1.66. The Kier molecular flexibility index (Phi) is 4.28. The van der Waals surface area contributed by atoms with E-state index >= 15 is 0 Å². The molecule has 0 bridgehead atoms. The third-order valence-electron chi connectivity index (χ3n) is 3.87. The van der Waals surface area contributed by atoms with E-state index in [0.717, 1.165) is 15.3 Å². The fourth-order valence-corrected chi connectivity index (χ4v) is 3.51. The van der Waals surface area contributed by atoms with Gasteiger partial charge in [0.05, 0.1) is 22.9 Å². The number of likely N-dealkylation sites (tertiary alicyclic amines) is 1. The molecule has 118 valence electrons. The minimum Gasteiger partial charge on any atom is -0.388 e. The van der Waals surface area contributed by atoms with Gasteiger partial charge in [0, 0.05) is 27.2 Å². The van der Waals surface area contributed by atoms with Gasteiger partial charge < -0.3 is 19.6 Å². The average Bonchev–Trinajstić information content (AvgIpc) is 3.10.